The summed E-state index contributed by atoms with van der Waals surface area (Å²) in [4.78, 5) is -0.607. The number of hydrogen-bond donors (Lipinski definition) is 1. The van der Waals surface area contributed by atoms with Gasteiger partial charge in [-0.3, -0.25) is 9.40 Å². The molecule has 5 nitrogen and oxygen atoms in total. The van der Waals surface area contributed by atoms with Gasteiger partial charge in [-0.05, 0) is 35.9 Å². The monoisotopic (exact) mass is 349 g/mol. The summed E-state index contributed by atoms with van der Waals surface area (Å²) in [5, 5.41) is 4.08. The van der Waals surface area contributed by atoms with Crippen molar-refractivity contribution in [3.8, 4) is 0 Å². The highest BCUT2D eigenvalue weighted by molar-refractivity contribution is 7.92. The molecule has 0 aliphatic heterocycles. The Balaban J connectivity index is 1.77. The van der Waals surface area contributed by atoms with E-state index in [-0.39, 0.29) is 5.69 Å². The minimum atomic E-state index is -4.13. The molecule has 8 heteroatoms. The molecule has 124 valence electrons. The third-order valence-electron chi connectivity index (χ3n) is 3.29. The Hall–Kier alpha value is -2.74. The standard InChI is InChI=1S/C16H13F2N3O2S/c17-13-4-7-16(15(18)10-13)24(22,23)20-14-5-2-12(3-6-14)11-21-9-1-8-19-21/h1-10,20H,11H2. The highest BCUT2D eigenvalue weighted by Crippen LogP contribution is 2.20. The van der Waals surface area contributed by atoms with Crippen LogP contribution in [0.4, 0.5) is 14.5 Å². The van der Waals surface area contributed by atoms with Crippen molar-refractivity contribution in [2.24, 2.45) is 0 Å². The molecule has 1 N–H and O–H groups in total. The molecule has 3 aromatic rings. The third-order valence-corrected chi connectivity index (χ3v) is 4.71. The summed E-state index contributed by atoms with van der Waals surface area (Å²) in [5.41, 5.74) is 1.21. The summed E-state index contributed by atoms with van der Waals surface area (Å²) in [7, 11) is -4.13. The van der Waals surface area contributed by atoms with Gasteiger partial charge in [-0.2, -0.15) is 5.10 Å². The lowest BCUT2D eigenvalue weighted by Crippen LogP contribution is -2.14. The molecule has 0 saturated carbocycles. The van der Waals surface area contributed by atoms with Crippen LogP contribution in [0, 0.1) is 11.6 Å². The van der Waals surface area contributed by atoms with Gasteiger partial charge in [-0.25, -0.2) is 17.2 Å². The predicted molar refractivity (Wildman–Crippen MR) is 84.9 cm³/mol. The zero-order valence-corrected chi connectivity index (χ0v) is 13.2. The van der Waals surface area contributed by atoms with E-state index in [9.17, 15) is 17.2 Å². The summed E-state index contributed by atoms with van der Waals surface area (Å²) in [6.45, 7) is 0.548. The van der Waals surface area contributed by atoms with E-state index in [0.717, 1.165) is 17.7 Å². The van der Waals surface area contributed by atoms with Gasteiger partial charge in [-0.1, -0.05) is 12.1 Å². The Morgan fingerprint density at radius 1 is 1.08 bits per heavy atom. The van der Waals surface area contributed by atoms with Gasteiger partial charge in [0.05, 0.1) is 6.54 Å². The maximum atomic E-state index is 13.7. The number of nitrogens with one attached hydrogen (secondary N) is 1. The lowest BCUT2D eigenvalue weighted by molar-refractivity contribution is 0.551. The molecule has 0 atom stereocenters. The van der Waals surface area contributed by atoms with Crippen LogP contribution in [0.15, 0.2) is 65.8 Å². The lowest BCUT2D eigenvalue weighted by atomic mass is 10.2. The summed E-state index contributed by atoms with van der Waals surface area (Å²) < 4.78 is 54.9. The number of nitrogens with zero attached hydrogens (tertiary/aromatic N) is 2. The molecular weight excluding hydrogens is 336 g/mol. The van der Waals surface area contributed by atoms with E-state index >= 15 is 0 Å². The first-order valence-electron chi connectivity index (χ1n) is 6.98. The summed E-state index contributed by atoms with van der Waals surface area (Å²) in [5.74, 6) is -1.98. The smallest absolute Gasteiger partial charge is 0.264 e. The van der Waals surface area contributed by atoms with E-state index in [1.54, 1.807) is 41.2 Å². The van der Waals surface area contributed by atoms with Crippen molar-refractivity contribution >= 4 is 15.7 Å². The second-order valence-corrected chi connectivity index (χ2v) is 6.73. The molecule has 0 radical (unpaired) electrons. The van der Waals surface area contributed by atoms with Gasteiger partial charge >= 0.3 is 0 Å². The molecule has 0 aliphatic carbocycles. The molecule has 0 spiro atoms. The molecule has 0 fully saturated rings. The first-order chi connectivity index (χ1) is 11.4. The van der Waals surface area contributed by atoms with E-state index in [1.165, 1.54) is 0 Å². The fourth-order valence-electron chi connectivity index (χ4n) is 2.16. The van der Waals surface area contributed by atoms with Crippen LogP contribution in [0.3, 0.4) is 0 Å². The van der Waals surface area contributed by atoms with Crippen molar-refractivity contribution in [2.75, 3.05) is 4.72 Å². The number of hydrogen-bond acceptors (Lipinski definition) is 3. The van der Waals surface area contributed by atoms with Crippen molar-refractivity contribution in [1.82, 2.24) is 9.78 Å². The minimum Gasteiger partial charge on any atom is -0.280 e. The van der Waals surface area contributed by atoms with Gasteiger partial charge in [-0.15, -0.1) is 0 Å². The fraction of sp³-hybridized carbons (Fsp3) is 0.0625. The van der Waals surface area contributed by atoms with Crippen LogP contribution in [0.25, 0.3) is 0 Å². The SMILES string of the molecule is O=S(=O)(Nc1ccc(Cn2cccn2)cc1)c1ccc(F)cc1F. The average molecular weight is 349 g/mol. The average Bonchev–Trinajstić information content (AvgIpc) is 3.01. The predicted octanol–water partition coefficient (Wildman–Crippen LogP) is 3.01. The number of benzene rings is 2. The normalized spacial score (nSPS) is 11.4. The van der Waals surface area contributed by atoms with Crippen LogP contribution in [0.5, 0.6) is 0 Å². The zero-order chi connectivity index (χ0) is 17.2. The van der Waals surface area contributed by atoms with Crippen LogP contribution < -0.4 is 4.72 Å². The number of anilines is 1. The van der Waals surface area contributed by atoms with Crippen molar-refractivity contribution in [3.63, 3.8) is 0 Å². The molecule has 24 heavy (non-hydrogen) atoms. The lowest BCUT2D eigenvalue weighted by Gasteiger charge is -2.10. The van der Waals surface area contributed by atoms with Crippen molar-refractivity contribution in [1.29, 1.82) is 0 Å². The van der Waals surface area contributed by atoms with Crippen molar-refractivity contribution in [3.05, 3.63) is 78.1 Å². The minimum absolute atomic E-state index is 0.281. The van der Waals surface area contributed by atoms with E-state index in [2.05, 4.69) is 9.82 Å². The van der Waals surface area contributed by atoms with E-state index < -0.39 is 26.6 Å². The maximum Gasteiger partial charge on any atom is 0.264 e. The molecule has 0 aliphatic rings. The van der Waals surface area contributed by atoms with Gasteiger partial charge in [0.25, 0.3) is 10.0 Å². The zero-order valence-electron chi connectivity index (χ0n) is 12.4. The number of sulfonamides is 1. The summed E-state index contributed by atoms with van der Waals surface area (Å²) in [6, 6.07) is 10.7. The molecule has 0 saturated heterocycles. The van der Waals surface area contributed by atoms with Crippen LogP contribution in [0.2, 0.25) is 0 Å². The highest BCUT2D eigenvalue weighted by Gasteiger charge is 2.19. The van der Waals surface area contributed by atoms with Crippen LogP contribution in [-0.2, 0) is 16.6 Å². The Kier molecular flexibility index (Phi) is 4.30. The Labute approximate surface area is 137 Å². The Morgan fingerprint density at radius 2 is 1.83 bits per heavy atom. The van der Waals surface area contributed by atoms with Gasteiger partial charge in [0.1, 0.15) is 16.5 Å². The largest absolute Gasteiger partial charge is 0.280 e. The van der Waals surface area contributed by atoms with Crippen LogP contribution >= 0.6 is 0 Å². The second-order valence-electron chi connectivity index (χ2n) is 5.08. The molecule has 0 bridgehead atoms. The first-order valence-corrected chi connectivity index (χ1v) is 8.46. The molecule has 0 unspecified atom stereocenters. The molecule has 1 aromatic heterocycles. The van der Waals surface area contributed by atoms with Gasteiger partial charge in [0.2, 0.25) is 0 Å². The molecular formula is C16H13F2N3O2S. The summed E-state index contributed by atoms with van der Waals surface area (Å²) in [6.07, 6.45) is 3.48. The molecule has 2 aromatic carbocycles. The number of rotatable bonds is 5. The molecule has 1 heterocycles. The number of halogens is 2. The van der Waals surface area contributed by atoms with Crippen LogP contribution in [-0.4, -0.2) is 18.2 Å². The maximum absolute atomic E-state index is 13.7. The topological polar surface area (TPSA) is 64.0 Å². The Morgan fingerprint density at radius 3 is 2.46 bits per heavy atom. The quantitative estimate of drug-likeness (QED) is 0.770. The van der Waals surface area contributed by atoms with Crippen LogP contribution in [0.1, 0.15) is 5.56 Å². The number of aromatic nitrogens is 2. The van der Waals surface area contributed by atoms with Gasteiger partial charge < -0.3 is 0 Å². The van der Waals surface area contributed by atoms with E-state index in [1.807, 2.05) is 6.20 Å². The summed E-state index contributed by atoms with van der Waals surface area (Å²) >= 11 is 0. The van der Waals surface area contributed by atoms with E-state index in [0.29, 0.717) is 12.6 Å². The Bertz CT molecular complexity index is 940. The first kappa shape index (κ1) is 16.1. The van der Waals surface area contributed by atoms with Gasteiger partial charge in [0, 0.05) is 24.1 Å². The fourth-order valence-corrected chi connectivity index (χ4v) is 3.28. The van der Waals surface area contributed by atoms with E-state index in [4.69, 9.17) is 0 Å². The highest BCUT2D eigenvalue weighted by atomic mass is 32.2. The van der Waals surface area contributed by atoms with Crippen molar-refractivity contribution in [2.45, 2.75) is 11.4 Å². The third kappa shape index (κ3) is 3.60. The van der Waals surface area contributed by atoms with Crippen molar-refractivity contribution < 1.29 is 17.2 Å². The molecule has 0 amide bonds. The van der Waals surface area contributed by atoms with Gasteiger partial charge in [0.15, 0.2) is 0 Å². The second kappa shape index (κ2) is 6.40. The molecule has 3 rings (SSSR count).